The van der Waals surface area contributed by atoms with Crippen LogP contribution in [0.2, 0.25) is 0 Å². The lowest BCUT2D eigenvalue weighted by atomic mass is 10.00. The van der Waals surface area contributed by atoms with E-state index in [1.165, 1.54) is 0 Å². The van der Waals surface area contributed by atoms with Crippen LogP contribution >= 0.6 is 0 Å². The van der Waals surface area contributed by atoms with Crippen molar-refractivity contribution in [2.75, 3.05) is 13.1 Å². The molecule has 29 heavy (non-hydrogen) atoms. The minimum atomic E-state index is -0.453. The monoisotopic (exact) mass is 393 g/mol. The zero-order valence-corrected chi connectivity index (χ0v) is 16.7. The van der Waals surface area contributed by atoms with Crippen LogP contribution in [0.25, 0.3) is 0 Å². The predicted octanol–water partition coefficient (Wildman–Crippen LogP) is 2.75. The molecule has 1 unspecified atom stereocenters. The summed E-state index contributed by atoms with van der Waals surface area (Å²) in [6.07, 6.45) is 2.50. The topological polar surface area (TPSA) is 78.5 Å². The van der Waals surface area contributed by atoms with Crippen molar-refractivity contribution < 1.29 is 14.4 Å². The van der Waals surface area contributed by atoms with E-state index in [1.807, 2.05) is 37.3 Å². The molecule has 1 atom stereocenters. The van der Waals surface area contributed by atoms with Crippen molar-refractivity contribution >= 4 is 17.7 Å². The second kappa shape index (κ2) is 9.87. The molecule has 2 aromatic carbocycles. The number of amides is 3. The molecule has 1 heterocycles. The number of rotatable bonds is 6. The molecule has 1 fully saturated rings. The zero-order chi connectivity index (χ0) is 20.6. The van der Waals surface area contributed by atoms with Gasteiger partial charge in [0.15, 0.2) is 0 Å². The van der Waals surface area contributed by atoms with Gasteiger partial charge in [-0.25, -0.2) is 0 Å². The molecule has 6 heteroatoms. The Labute approximate surface area is 171 Å². The van der Waals surface area contributed by atoms with Crippen LogP contribution in [0, 0.1) is 0 Å². The molecule has 3 amide bonds. The third-order valence-electron chi connectivity index (χ3n) is 5.11. The van der Waals surface area contributed by atoms with E-state index in [2.05, 4.69) is 10.6 Å². The Kier molecular flexibility index (Phi) is 7.00. The molecule has 0 radical (unpaired) electrons. The number of likely N-dealkylation sites (tertiary alicyclic amines) is 1. The average Bonchev–Trinajstić information content (AvgIpc) is 2.78. The first-order chi connectivity index (χ1) is 14.1. The fourth-order valence-electron chi connectivity index (χ4n) is 3.54. The van der Waals surface area contributed by atoms with Gasteiger partial charge in [0.25, 0.3) is 11.8 Å². The average molecular weight is 393 g/mol. The Balaban J connectivity index is 1.61. The Morgan fingerprint density at radius 1 is 0.931 bits per heavy atom. The van der Waals surface area contributed by atoms with E-state index in [0.29, 0.717) is 37.2 Å². The van der Waals surface area contributed by atoms with Crippen LogP contribution in [-0.4, -0.2) is 41.8 Å². The second-order valence-electron chi connectivity index (χ2n) is 7.15. The quantitative estimate of drug-likeness (QED) is 0.792. The molecule has 0 aliphatic carbocycles. The summed E-state index contributed by atoms with van der Waals surface area (Å²) in [6.45, 7) is 3.40. The van der Waals surface area contributed by atoms with Crippen LogP contribution in [0.15, 0.2) is 54.6 Å². The highest BCUT2D eigenvalue weighted by Gasteiger charge is 2.32. The van der Waals surface area contributed by atoms with Gasteiger partial charge in [0.1, 0.15) is 6.04 Å². The maximum Gasteiger partial charge on any atom is 0.254 e. The summed E-state index contributed by atoms with van der Waals surface area (Å²) in [6, 6.07) is 15.8. The zero-order valence-electron chi connectivity index (χ0n) is 16.7. The summed E-state index contributed by atoms with van der Waals surface area (Å²) in [5.74, 6) is -0.348. The van der Waals surface area contributed by atoms with Crippen LogP contribution in [0.5, 0.6) is 0 Å². The van der Waals surface area contributed by atoms with Gasteiger partial charge in [0.2, 0.25) is 5.91 Å². The van der Waals surface area contributed by atoms with Gasteiger partial charge in [0.05, 0.1) is 0 Å². The summed E-state index contributed by atoms with van der Waals surface area (Å²) in [5.41, 5.74) is 2.10. The Bertz CT molecular complexity index is 849. The van der Waals surface area contributed by atoms with Crippen LogP contribution in [0.1, 0.15) is 52.5 Å². The van der Waals surface area contributed by atoms with Gasteiger partial charge in [-0.3, -0.25) is 14.4 Å². The minimum Gasteiger partial charge on any atom is -0.352 e. The summed E-state index contributed by atoms with van der Waals surface area (Å²) < 4.78 is 0. The van der Waals surface area contributed by atoms with Gasteiger partial charge >= 0.3 is 0 Å². The summed E-state index contributed by atoms with van der Waals surface area (Å²) >= 11 is 0. The molecular weight excluding hydrogens is 366 g/mol. The standard InChI is InChI=1S/C23H27N3O3/c1-2-24-21(27)18-13-11-17(12-14-18)16-25-22(28)20-10-6-7-15-26(20)23(29)19-8-4-3-5-9-19/h3-5,8-9,11-14,20H,2,6-7,10,15-16H2,1H3,(H,24,27)(H,25,28). The van der Waals surface area contributed by atoms with Crippen molar-refractivity contribution in [2.24, 2.45) is 0 Å². The Morgan fingerprint density at radius 2 is 1.66 bits per heavy atom. The maximum atomic E-state index is 12.9. The molecular formula is C23H27N3O3. The van der Waals surface area contributed by atoms with Gasteiger partial charge in [-0.05, 0) is 56.0 Å². The van der Waals surface area contributed by atoms with E-state index >= 15 is 0 Å². The van der Waals surface area contributed by atoms with Crippen molar-refractivity contribution in [1.82, 2.24) is 15.5 Å². The number of nitrogens with zero attached hydrogens (tertiary/aromatic N) is 1. The number of carbonyl (C=O) groups excluding carboxylic acids is 3. The number of hydrogen-bond acceptors (Lipinski definition) is 3. The largest absolute Gasteiger partial charge is 0.352 e. The second-order valence-corrected chi connectivity index (χ2v) is 7.15. The Hall–Kier alpha value is -3.15. The van der Waals surface area contributed by atoms with Gasteiger partial charge in [-0.15, -0.1) is 0 Å². The molecule has 2 N–H and O–H groups in total. The normalized spacial score (nSPS) is 16.2. The number of carbonyl (C=O) groups is 3. The van der Waals surface area contributed by atoms with E-state index in [-0.39, 0.29) is 17.7 Å². The first-order valence-electron chi connectivity index (χ1n) is 10.1. The fraction of sp³-hybridized carbons (Fsp3) is 0.348. The third-order valence-corrected chi connectivity index (χ3v) is 5.11. The van der Waals surface area contributed by atoms with E-state index in [1.54, 1.807) is 29.2 Å². The first kappa shape index (κ1) is 20.6. The van der Waals surface area contributed by atoms with Gasteiger partial charge < -0.3 is 15.5 Å². The van der Waals surface area contributed by atoms with Crippen molar-refractivity contribution in [1.29, 1.82) is 0 Å². The Morgan fingerprint density at radius 3 is 2.34 bits per heavy atom. The molecule has 0 bridgehead atoms. The smallest absolute Gasteiger partial charge is 0.254 e. The first-order valence-corrected chi connectivity index (χ1v) is 10.1. The molecule has 0 spiro atoms. The van der Waals surface area contributed by atoms with E-state index in [9.17, 15) is 14.4 Å². The highest BCUT2D eigenvalue weighted by molar-refractivity contribution is 5.97. The van der Waals surface area contributed by atoms with E-state index < -0.39 is 6.04 Å². The molecule has 0 saturated carbocycles. The molecule has 1 saturated heterocycles. The summed E-state index contributed by atoms with van der Waals surface area (Å²) in [7, 11) is 0. The van der Waals surface area contributed by atoms with Crippen molar-refractivity contribution in [2.45, 2.75) is 38.8 Å². The lowest BCUT2D eigenvalue weighted by molar-refractivity contribution is -0.126. The summed E-state index contributed by atoms with van der Waals surface area (Å²) in [4.78, 5) is 39.2. The molecule has 152 valence electrons. The maximum absolute atomic E-state index is 12.9. The van der Waals surface area contributed by atoms with Gasteiger partial charge in [-0.1, -0.05) is 30.3 Å². The van der Waals surface area contributed by atoms with Crippen LogP contribution in [-0.2, 0) is 11.3 Å². The minimum absolute atomic E-state index is 0.100. The van der Waals surface area contributed by atoms with Crippen molar-refractivity contribution in [3.05, 3.63) is 71.3 Å². The highest BCUT2D eigenvalue weighted by atomic mass is 16.2. The molecule has 2 aromatic rings. The fourth-order valence-corrected chi connectivity index (χ4v) is 3.54. The van der Waals surface area contributed by atoms with Crippen molar-refractivity contribution in [3.63, 3.8) is 0 Å². The number of piperidine rings is 1. The predicted molar refractivity (Wildman–Crippen MR) is 111 cm³/mol. The molecule has 1 aliphatic rings. The number of benzene rings is 2. The lowest BCUT2D eigenvalue weighted by Gasteiger charge is -2.34. The number of nitrogens with one attached hydrogen (secondary N) is 2. The third kappa shape index (κ3) is 5.22. The highest BCUT2D eigenvalue weighted by Crippen LogP contribution is 2.20. The van der Waals surface area contributed by atoms with Gasteiger partial charge in [-0.2, -0.15) is 0 Å². The van der Waals surface area contributed by atoms with Crippen LogP contribution in [0.4, 0.5) is 0 Å². The lowest BCUT2D eigenvalue weighted by Crippen LogP contribution is -2.51. The van der Waals surface area contributed by atoms with Crippen LogP contribution in [0.3, 0.4) is 0 Å². The summed E-state index contributed by atoms with van der Waals surface area (Å²) in [5, 5.41) is 5.70. The van der Waals surface area contributed by atoms with Gasteiger partial charge in [0, 0.05) is 30.8 Å². The SMILES string of the molecule is CCNC(=O)c1ccc(CNC(=O)C2CCCCN2C(=O)c2ccccc2)cc1. The van der Waals surface area contributed by atoms with Crippen molar-refractivity contribution in [3.8, 4) is 0 Å². The van der Waals surface area contributed by atoms with Crippen LogP contribution < -0.4 is 10.6 Å². The molecule has 0 aromatic heterocycles. The number of hydrogen-bond donors (Lipinski definition) is 2. The molecule has 6 nitrogen and oxygen atoms in total. The molecule has 1 aliphatic heterocycles. The van der Waals surface area contributed by atoms with E-state index in [0.717, 1.165) is 18.4 Å². The van der Waals surface area contributed by atoms with E-state index in [4.69, 9.17) is 0 Å². The molecule has 3 rings (SSSR count).